The van der Waals surface area contributed by atoms with Gasteiger partial charge in [-0.25, -0.2) is 10.4 Å². The van der Waals surface area contributed by atoms with Gasteiger partial charge in [-0.15, -0.1) is 11.3 Å². The Hall–Kier alpha value is -2.69. The number of amides is 1. The van der Waals surface area contributed by atoms with Crippen LogP contribution < -0.4 is 10.2 Å². The Morgan fingerprint density at radius 3 is 2.97 bits per heavy atom. The molecule has 7 nitrogen and oxygen atoms in total. The standard InChI is InChI=1S/C22H20BrN5O2S2/c1-14(31-22-26-18-5-3-4-6-20(18)32-22)21(29)27-24-10-15-7-8-19(30-2)16(9-15)12-28-13-17(23)11-25-28/h3-11,13-14H,12H2,1-2H3,(H,27,29)/b24-10-/t14-/m0/s1. The van der Waals surface area contributed by atoms with Crippen molar-refractivity contribution < 1.29 is 9.53 Å². The summed E-state index contributed by atoms with van der Waals surface area (Å²) >= 11 is 6.41. The van der Waals surface area contributed by atoms with Gasteiger partial charge in [-0.1, -0.05) is 23.9 Å². The molecule has 0 fully saturated rings. The minimum Gasteiger partial charge on any atom is -0.496 e. The summed E-state index contributed by atoms with van der Waals surface area (Å²) in [5, 5.41) is 8.09. The van der Waals surface area contributed by atoms with E-state index < -0.39 is 0 Å². The summed E-state index contributed by atoms with van der Waals surface area (Å²) < 4.78 is 10.2. The lowest BCUT2D eigenvalue weighted by molar-refractivity contribution is -0.120. The molecule has 0 bridgehead atoms. The number of thiazole rings is 1. The van der Waals surface area contributed by atoms with Crippen LogP contribution in [0.4, 0.5) is 0 Å². The van der Waals surface area contributed by atoms with Crippen LogP contribution in [-0.4, -0.2) is 39.2 Å². The number of hydrogen-bond acceptors (Lipinski definition) is 7. The number of nitrogens with zero attached hydrogens (tertiary/aromatic N) is 4. The number of hydrogen-bond donors (Lipinski definition) is 1. The zero-order valence-corrected chi connectivity index (χ0v) is 20.6. The van der Waals surface area contributed by atoms with Crippen molar-refractivity contribution in [1.29, 1.82) is 0 Å². The SMILES string of the molecule is COc1ccc(/C=N\NC(=O)[C@H](C)Sc2nc3ccccc3s2)cc1Cn1cc(Br)cn1. The molecular weight excluding hydrogens is 510 g/mol. The Labute approximate surface area is 202 Å². The Morgan fingerprint density at radius 2 is 2.22 bits per heavy atom. The largest absolute Gasteiger partial charge is 0.496 e. The van der Waals surface area contributed by atoms with Gasteiger partial charge in [0.25, 0.3) is 5.91 Å². The minimum absolute atomic E-state index is 0.180. The van der Waals surface area contributed by atoms with E-state index in [1.54, 1.807) is 30.9 Å². The number of nitrogens with one attached hydrogen (secondary N) is 1. The number of aromatic nitrogens is 3. The topological polar surface area (TPSA) is 81.4 Å². The van der Waals surface area contributed by atoms with Crippen molar-refractivity contribution in [1.82, 2.24) is 20.2 Å². The summed E-state index contributed by atoms with van der Waals surface area (Å²) in [6.45, 7) is 2.40. The molecular formula is C22H20BrN5O2S2. The second-order valence-corrected chi connectivity index (χ2v) is 10.4. The summed E-state index contributed by atoms with van der Waals surface area (Å²) in [6.07, 6.45) is 5.25. The highest BCUT2D eigenvalue weighted by Crippen LogP contribution is 2.31. The number of carbonyl (C=O) groups is 1. The molecule has 0 aliphatic heterocycles. The minimum atomic E-state index is -0.322. The summed E-state index contributed by atoms with van der Waals surface area (Å²) in [5.74, 6) is 0.583. The van der Waals surface area contributed by atoms with Gasteiger partial charge in [-0.05, 0) is 58.7 Å². The van der Waals surface area contributed by atoms with Crippen molar-refractivity contribution in [2.24, 2.45) is 5.10 Å². The molecule has 1 N–H and O–H groups in total. The van der Waals surface area contributed by atoms with Crippen LogP contribution in [0, 0.1) is 0 Å². The van der Waals surface area contributed by atoms with Crippen molar-refractivity contribution in [3.63, 3.8) is 0 Å². The van der Waals surface area contributed by atoms with Crippen LogP contribution in [0.25, 0.3) is 10.2 Å². The number of rotatable bonds is 8. The molecule has 0 saturated carbocycles. The first-order chi connectivity index (χ1) is 15.5. The second kappa shape index (κ2) is 10.3. The fourth-order valence-electron chi connectivity index (χ4n) is 2.97. The van der Waals surface area contributed by atoms with Crippen LogP contribution >= 0.6 is 39.0 Å². The fourth-order valence-corrected chi connectivity index (χ4v) is 5.50. The Bertz CT molecular complexity index is 1240. The van der Waals surface area contributed by atoms with E-state index in [0.717, 1.165) is 35.9 Å². The van der Waals surface area contributed by atoms with Crippen molar-refractivity contribution in [3.05, 3.63) is 70.5 Å². The summed E-state index contributed by atoms with van der Waals surface area (Å²) in [4.78, 5) is 17.0. The van der Waals surface area contributed by atoms with Crippen LogP contribution in [0.1, 0.15) is 18.1 Å². The number of methoxy groups -OCH3 is 1. The first kappa shape index (κ1) is 22.5. The quantitative estimate of drug-likeness (QED) is 0.198. The van der Waals surface area contributed by atoms with Crippen molar-refractivity contribution in [2.75, 3.05) is 7.11 Å². The van der Waals surface area contributed by atoms with Crippen LogP contribution in [0.15, 0.2) is 68.8 Å². The molecule has 10 heteroatoms. The van der Waals surface area contributed by atoms with Crippen LogP contribution in [0.5, 0.6) is 5.75 Å². The Balaban J connectivity index is 1.38. The van der Waals surface area contributed by atoms with E-state index in [4.69, 9.17) is 4.74 Å². The third-order valence-corrected chi connectivity index (χ3v) is 7.19. The first-order valence-electron chi connectivity index (χ1n) is 9.72. The molecule has 2 aromatic carbocycles. The molecule has 0 aliphatic carbocycles. The zero-order chi connectivity index (χ0) is 22.5. The lowest BCUT2D eigenvalue weighted by Crippen LogP contribution is -2.26. The number of benzene rings is 2. The smallest absolute Gasteiger partial charge is 0.253 e. The van der Waals surface area contributed by atoms with Crippen molar-refractivity contribution >= 4 is 61.4 Å². The monoisotopic (exact) mass is 529 g/mol. The van der Waals surface area contributed by atoms with Crippen LogP contribution in [-0.2, 0) is 11.3 Å². The average molecular weight is 530 g/mol. The highest BCUT2D eigenvalue weighted by molar-refractivity contribution is 9.10. The molecule has 0 unspecified atom stereocenters. The highest BCUT2D eigenvalue weighted by Gasteiger charge is 2.16. The maximum absolute atomic E-state index is 12.5. The van der Waals surface area contributed by atoms with Gasteiger partial charge in [0, 0.05) is 11.8 Å². The van der Waals surface area contributed by atoms with E-state index in [1.165, 1.54) is 11.8 Å². The van der Waals surface area contributed by atoms with Gasteiger partial charge in [-0.2, -0.15) is 10.2 Å². The number of halogens is 1. The molecule has 0 aliphatic rings. The number of para-hydroxylation sites is 1. The van der Waals surface area contributed by atoms with Gasteiger partial charge in [0.05, 0.1) is 46.0 Å². The predicted molar refractivity (Wildman–Crippen MR) is 133 cm³/mol. The first-order valence-corrected chi connectivity index (χ1v) is 12.2. The van der Waals surface area contributed by atoms with Gasteiger partial charge < -0.3 is 4.74 Å². The molecule has 1 amide bonds. The highest BCUT2D eigenvalue weighted by atomic mass is 79.9. The van der Waals surface area contributed by atoms with Crippen LogP contribution in [0.2, 0.25) is 0 Å². The third-order valence-electron chi connectivity index (χ3n) is 4.55. The number of thioether (sulfide) groups is 1. The van der Waals surface area contributed by atoms with Crippen LogP contribution in [0.3, 0.4) is 0 Å². The number of fused-ring (bicyclic) bond motifs is 1. The maximum Gasteiger partial charge on any atom is 0.253 e. The van der Waals surface area contributed by atoms with Gasteiger partial charge in [0.2, 0.25) is 0 Å². The molecule has 0 saturated heterocycles. The molecule has 4 rings (SSSR count). The van der Waals surface area contributed by atoms with E-state index in [2.05, 4.69) is 36.5 Å². The normalized spacial score (nSPS) is 12.3. The summed E-state index contributed by atoms with van der Waals surface area (Å²) in [5.41, 5.74) is 5.37. The van der Waals surface area contributed by atoms with E-state index in [9.17, 15) is 4.79 Å². The molecule has 32 heavy (non-hydrogen) atoms. The molecule has 1 atom stereocenters. The summed E-state index contributed by atoms with van der Waals surface area (Å²) in [7, 11) is 1.64. The predicted octanol–water partition coefficient (Wildman–Crippen LogP) is 4.94. The van der Waals surface area contributed by atoms with E-state index >= 15 is 0 Å². The fraction of sp³-hybridized carbons (Fsp3) is 0.182. The lowest BCUT2D eigenvalue weighted by atomic mass is 10.1. The van der Waals surface area contributed by atoms with Crippen molar-refractivity contribution in [3.8, 4) is 5.75 Å². The summed E-state index contributed by atoms with van der Waals surface area (Å²) in [6, 6.07) is 13.7. The van der Waals surface area contributed by atoms with Gasteiger partial charge in [-0.3, -0.25) is 9.48 Å². The van der Waals surface area contributed by atoms with E-state index in [-0.39, 0.29) is 11.2 Å². The van der Waals surface area contributed by atoms with E-state index in [1.807, 2.05) is 60.3 Å². The van der Waals surface area contributed by atoms with E-state index in [0.29, 0.717) is 6.54 Å². The van der Waals surface area contributed by atoms with Gasteiger partial charge >= 0.3 is 0 Å². The number of hydrazone groups is 1. The van der Waals surface area contributed by atoms with Gasteiger partial charge in [0.15, 0.2) is 4.34 Å². The zero-order valence-electron chi connectivity index (χ0n) is 17.4. The lowest BCUT2D eigenvalue weighted by Gasteiger charge is -2.10. The molecule has 0 radical (unpaired) electrons. The molecule has 4 aromatic rings. The molecule has 164 valence electrons. The average Bonchev–Trinajstić information content (AvgIpc) is 3.38. The molecule has 2 heterocycles. The Kier molecular flexibility index (Phi) is 7.23. The number of ether oxygens (including phenoxy) is 1. The Morgan fingerprint density at radius 1 is 1.38 bits per heavy atom. The van der Waals surface area contributed by atoms with Crippen molar-refractivity contribution in [2.45, 2.75) is 23.1 Å². The maximum atomic E-state index is 12.5. The molecule has 2 aromatic heterocycles. The second-order valence-electron chi connectivity index (χ2n) is 6.87. The number of carbonyl (C=O) groups excluding carboxylic acids is 1. The molecule has 0 spiro atoms. The third kappa shape index (κ3) is 5.56. The van der Waals surface area contributed by atoms with Gasteiger partial charge in [0.1, 0.15) is 5.75 Å².